The second-order valence-electron chi connectivity index (χ2n) is 36.4. The van der Waals surface area contributed by atoms with Crippen molar-refractivity contribution in [2.24, 2.45) is 59.2 Å². The van der Waals surface area contributed by atoms with Crippen LogP contribution in [-0.4, -0.2) is 180 Å². The van der Waals surface area contributed by atoms with E-state index >= 15 is 0 Å². The van der Waals surface area contributed by atoms with Crippen molar-refractivity contribution in [2.45, 2.75) is 406 Å². The molecule has 2 N–H and O–H groups in total. The van der Waals surface area contributed by atoms with Crippen molar-refractivity contribution >= 4 is 0 Å². The maximum atomic E-state index is 11.5. The summed E-state index contributed by atoms with van der Waals surface area (Å²) in [6, 6.07) is 0. The van der Waals surface area contributed by atoms with Crippen molar-refractivity contribution in [3.05, 3.63) is 86.1 Å². The molecule has 17 heterocycles. The zero-order valence-corrected chi connectivity index (χ0v) is 65.3. The van der Waals surface area contributed by atoms with Gasteiger partial charge in [-0.25, -0.2) is 0 Å². The second kappa shape index (κ2) is 33.1. The van der Waals surface area contributed by atoms with Gasteiger partial charge in [0, 0.05) is 50.4 Å². The molecule has 0 radical (unpaired) electrons. The molecule has 17 aliphatic rings. The smallest absolute Gasteiger partial charge is 0.172 e. The van der Waals surface area contributed by atoms with Gasteiger partial charge in [0.2, 0.25) is 0 Å². The Morgan fingerprint density at radius 2 is 1.17 bits per heavy atom. The molecule has 0 aromatic carbocycles. The number of hydrogen-bond acceptors (Lipinski definition) is 16. The van der Waals surface area contributed by atoms with Crippen molar-refractivity contribution in [3.63, 3.8) is 0 Å². The first-order valence-corrected chi connectivity index (χ1v) is 42.1. The molecule has 6 unspecified atom stereocenters. The quantitative estimate of drug-likeness (QED) is 0.110. The Morgan fingerprint density at radius 3 is 1.92 bits per heavy atom. The van der Waals surface area contributed by atoms with E-state index in [1.807, 2.05) is 12.2 Å². The zero-order valence-electron chi connectivity index (χ0n) is 65.3. The second-order valence-corrected chi connectivity index (χ2v) is 36.4. The Bertz CT molecular complexity index is 3010. The van der Waals surface area contributed by atoms with E-state index in [0.717, 1.165) is 154 Å². The normalized spacial score (nSPS) is 50.0. The fourth-order valence-electron chi connectivity index (χ4n) is 22.1. The number of hydrogen-bond donors (Lipinski definition) is 2. The van der Waals surface area contributed by atoms with Gasteiger partial charge in [-0.3, -0.25) is 0 Å². The van der Waals surface area contributed by atoms with Crippen LogP contribution in [0, 0.1) is 59.2 Å². The van der Waals surface area contributed by atoms with Crippen LogP contribution in [0.15, 0.2) is 86.1 Å². The summed E-state index contributed by atoms with van der Waals surface area (Å²) in [5.41, 5.74) is 4.74. The number of aliphatic hydroxyl groups excluding tert-OH is 2. The van der Waals surface area contributed by atoms with Gasteiger partial charge in [-0.1, -0.05) is 133 Å². The van der Waals surface area contributed by atoms with Crippen LogP contribution in [0.1, 0.15) is 236 Å². The minimum atomic E-state index is -0.650. The highest BCUT2D eigenvalue weighted by Gasteiger charge is 2.69. The van der Waals surface area contributed by atoms with Crippen molar-refractivity contribution in [1.29, 1.82) is 0 Å². The third-order valence-corrected chi connectivity index (χ3v) is 29.1. The molecule has 17 aliphatic heterocycles. The molecule has 0 amide bonds. The Hall–Kier alpha value is -2.46. The van der Waals surface area contributed by atoms with E-state index in [1.54, 1.807) is 0 Å². The maximum absolute atomic E-state index is 11.5. The van der Waals surface area contributed by atoms with Gasteiger partial charge < -0.3 is 76.5 Å². The zero-order chi connectivity index (χ0) is 73.2. The van der Waals surface area contributed by atoms with Gasteiger partial charge in [0.1, 0.15) is 36.6 Å². The highest BCUT2D eigenvalue weighted by molar-refractivity contribution is 5.18. The lowest BCUT2D eigenvalue weighted by Gasteiger charge is -2.42. The molecule has 38 atom stereocenters. The Morgan fingerprint density at radius 1 is 0.519 bits per heavy atom. The fraction of sp³-hybridized carbons (Fsp3) is 0.841. The Balaban J connectivity index is 0.000000176. The summed E-state index contributed by atoms with van der Waals surface area (Å²) in [5.74, 6) is 2.37. The molecular weight excluding hydrogens is 1310 g/mol. The van der Waals surface area contributed by atoms with E-state index in [2.05, 4.69) is 121 Å². The third-order valence-electron chi connectivity index (χ3n) is 29.1. The van der Waals surface area contributed by atoms with Crippen LogP contribution in [0.25, 0.3) is 0 Å². The van der Waals surface area contributed by atoms with E-state index in [1.165, 1.54) is 22.3 Å². The topological polar surface area (TPSA) is 170 Å². The number of fused-ring (bicyclic) bond motifs is 6. The van der Waals surface area contributed by atoms with Crippen LogP contribution in [0.5, 0.6) is 0 Å². The molecule has 16 nitrogen and oxygen atoms in total. The summed E-state index contributed by atoms with van der Waals surface area (Å²) in [6.07, 6.45) is 30.4. The summed E-state index contributed by atoms with van der Waals surface area (Å²) >= 11 is 0. The first kappa shape index (κ1) is 78.2. The van der Waals surface area contributed by atoms with Gasteiger partial charge in [0.25, 0.3) is 0 Å². The lowest BCUT2D eigenvalue weighted by atomic mass is 9.78. The summed E-state index contributed by atoms with van der Waals surface area (Å²) in [7, 11) is 0. The van der Waals surface area contributed by atoms with Crippen molar-refractivity contribution < 1.29 is 76.5 Å². The van der Waals surface area contributed by atoms with Gasteiger partial charge in [0.15, 0.2) is 11.6 Å². The Labute approximate surface area is 625 Å². The molecule has 1 spiro atoms. The third kappa shape index (κ3) is 16.4. The van der Waals surface area contributed by atoms with Gasteiger partial charge in [-0.2, -0.15) is 0 Å². The molecule has 0 saturated carbocycles. The molecule has 0 aliphatic carbocycles. The summed E-state index contributed by atoms with van der Waals surface area (Å²) in [4.78, 5) is 0. The average molecular weight is 1450 g/mol. The van der Waals surface area contributed by atoms with Gasteiger partial charge in [-0.15, -0.1) is 13.2 Å². The van der Waals surface area contributed by atoms with Crippen LogP contribution < -0.4 is 0 Å². The molecule has 17 bridgehead atoms. The SMILES string of the molecule is C=C1C[C@@H]2CC[C@@]34C[C@H]5OC6[C@@H](O3)[C@@H](C)[C@H](C/C=C/CC(O)C[C@@H]3[C@@H](C)[C@@H](C[C@H](C)CC)O[C@H]3C[C@H]3OC(CC[C@@H]1O2)C[C@@H](C)C3=C)O[C@H]6[C@H]5O4.C=CCC(O)C[C@@H]1[C@@H](C)[C@@H](C[C@H](C)CC)O[C@H]1C[C@H]1OC(CC[C@@H]2O[C@@H](CC[C@@]34C[C@H]5OC6[C@@H](O3)[C@@H](C)[C@H](CC=C)O[C@H]6[C@H]5O4)CC2=C)C[C@@H](C)C1=C. The molecule has 104 heavy (non-hydrogen) atoms. The highest BCUT2D eigenvalue weighted by Crippen LogP contribution is 2.57. The van der Waals surface area contributed by atoms with Crippen molar-refractivity contribution in [1.82, 2.24) is 0 Å². The van der Waals surface area contributed by atoms with Gasteiger partial charge in [-0.05, 0) is 185 Å². The van der Waals surface area contributed by atoms with Crippen LogP contribution in [0.3, 0.4) is 0 Å². The molecule has 0 aromatic heterocycles. The van der Waals surface area contributed by atoms with Crippen LogP contribution in [-0.2, 0) is 66.3 Å². The minimum absolute atomic E-state index is 0.0146. The summed E-state index contributed by atoms with van der Waals surface area (Å²) < 4.78 is 94.7. The maximum Gasteiger partial charge on any atom is 0.172 e. The molecular formula is C88H136O16. The summed E-state index contributed by atoms with van der Waals surface area (Å²) in [6.45, 7) is 48.7. The van der Waals surface area contributed by atoms with E-state index in [4.69, 9.17) is 66.3 Å². The van der Waals surface area contributed by atoms with Crippen LogP contribution in [0.2, 0.25) is 0 Å². The van der Waals surface area contributed by atoms with Crippen molar-refractivity contribution in [3.8, 4) is 0 Å². The molecule has 16 fully saturated rings. The van der Waals surface area contributed by atoms with Crippen molar-refractivity contribution in [2.75, 3.05) is 0 Å². The lowest BCUT2D eigenvalue weighted by molar-refractivity contribution is -0.263. The summed E-state index contributed by atoms with van der Waals surface area (Å²) in [5, 5.41) is 22.3. The molecule has 0 aromatic rings. The highest BCUT2D eigenvalue weighted by atomic mass is 16.8. The first-order chi connectivity index (χ1) is 49.9. The predicted molar refractivity (Wildman–Crippen MR) is 401 cm³/mol. The van der Waals surface area contributed by atoms with Gasteiger partial charge >= 0.3 is 0 Å². The number of ether oxygens (including phenoxy) is 14. The van der Waals surface area contributed by atoms with Gasteiger partial charge in [0.05, 0.1) is 122 Å². The first-order valence-electron chi connectivity index (χ1n) is 42.1. The standard InChI is InChI=1S/C45H70O8.C43H66O8/c1-10-13-31(46)22-34-29(8)37(19-25(4)12-3)49-39(34)23-38-28(7)26(5)20-32(48-38)15-16-35-27(6)21-33(47-35)17-18-45-24-40-42(53-45)44-43(51-40)41(52-45)30(9)36(50-44)14-11-2;1-8-23(2)17-35-27(6)32-20-29(44)11-9-10-12-34-28(7)39-41-42(48-34)40-38(49-41)22-43(50-39,51-40)16-15-31-19-25(4)33(45-31)14-13-30-18-24(3)26(5)36(46-30)21-37(32)47-35/h10-11,25-26,29-44,46H,1-2,6-7,12-24H2,3-5,8-9H3;9-10,23-24,27-42,44H,4-5,8,11-22H2,1-3,6-7H3/b;10-9+/t25-,26-,29-,30+,31?,32?,33+,34-,35+,36+,37-,38-,39+,40-,41+,42+,43?,44+,45-;23-,24-,27-,28+,29?,30?,31+,32-,33+,34+,35-,36-,37+,38-,39+,40+,41?,42+,43-/m11/s1. The molecule has 584 valence electrons. The average Bonchev–Trinajstić information content (AvgIpc) is 1.56. The molecule has 17 rings (SSSR count). The van der Waals surface area contributed by atoms with Crippen LogP contribution >= 0.6 is 0 Å². The monoisotopic (exact) mass is 1450 g/mol. The predicted octanol–water partition coefficient (Wildman–Crippen LogP) is 16.0. The van der Waals surface area contributed by atoms with E-state index in [0.29, 0.717) is 48.3 Å². The van der Waals surface area contributed by atoms with E-state index < -0.39 is 23.8 Å². The lowest BCUT2D eigenvalue weighted by Crippen LogP contribution is -2.54. The largest absolute Gasteiger partial charge is 0.393 e. The van der Waals surface area contributed by atoms with E-state index in [-0.39, 0.29) is 170 Å². The van der Waals surface area contributed by atoms with Crippen LogP contribution in [0.4, 0.5) is 0 Å². The van der Waals surface area contributed by atoms with E-state index in [9.17, 15) is 10.2 Å². The Kier molecular flexibility index (Phi) is 24.9. The number of aliphatic hydroxyl groups is 2. The molecule has 16 saturated heterocycles. The fourth-order valence-corrected chi connectivity index (χ4v) is 22.1. The minimum Gasteiger partial charge on any atom is -0.393 e. The molecule has 16 heteroatoms. The number of rotatable bonds is 20.